The summed E-state index contributed by atoms with van der Waals surface area (Å²) in [4.78, 5) is 35.8. The molecule has 0 spiro atoms. The molecule has 0 aromatic heterocycles. The maximum atomic E-state index is 12.0. The molecule has 30 heavy (non-hydrogen) atoms. The van der Waals surface area contributed by atoms with Crippen molar-refractivity contribution in [1.82, 2.24) is 0 Å². The summed E-state index contributed by atoms with van der Waals surface area (Å²) >= 11 is 0. The predicted octanol–water partition coefficient (Wildman–Crippen LogP) is 0.706. The summed E-state index contributed by atoms with van der Waals surface area (Å²) in [6, 6.07) is 4.72. The number of phenolic OH excluding ortho intramolecular Hbond substituents is 3. The zero-order valence-electron chi connectivity index (χ0n) is 15.5. The standard InChI is InChI=1S/C19H16O11/c1-26-15-4-10(5-16-19(15)30-8-29-16)28-7-14(23)18(25)13(22)6-27-9-2-11(20)17(24)12(21)3-9/h2-5,20-21,24H,6-8H2,1H3. The second kappa shape index (κ2) is 8.47. The van der Waals surface area contributed by atoms with Gasteiger partial charge in [0.15, 0.2) is 36.2 Å². The number of ether oxygens (including phenoxy) is 5. The molecule has 1 heterocycles. The van der Waals surface area contributed by atoms with Crippen molar-refractivity contribution < 1.29 is 53.4 Å². The third-order valence-electron chi connectivity index (χ3n) is 3.92. The summed E-state index contributed by atoms with van der Waals surface area (Å²) in [7, 11) is 1.40. The summed E-state index contributed by atoms with van der Waals surface area (Å²) in [6.07, 6.45) is 0. The Morgan fingerprint density at radius 1 is 0.900 bits per heavy atom. The highest BCUT2D eigenvalue weighted by atomic mass is 16.7. The van der Waals surface area contributed by atoms with Crippen LogP contribution in [0.2, 0.25) is 0 Å². The van der Waals surface area contributed by atoms with Gasteiger partial charge in [0.2, 0.25) is 29.9 Å². The molecule has 3 N–H and O–H groups in total. The van der Waals surface area contributed by atoms with E-state index >= 15 is 0 Å². The molecule has 3 rings (SSSR count). The minimum Gasteiger partial charge on any atom is -0.504 e. The topological polar surface area (TPSA) is 158 Å². The number of carbonyl (C=O) groups excluding carboxylic acids is 3. The van der Waals surface area contributed by atoms with E-state index in [9.17, 15) is 29.7 Å². The summed E-state index contributed by atoms with van der Waals surface area (Å²) in [5, 5.41) is 28.0. The Morgan fingerprint density at radius 2 is 1.47 bits per heavy atom. The van der Waals surface area contributed by atoms with Crippen molar-refractivity contribution in [1.29, 1.82) is 0 Å². The Morgan fingerprint density at radius 3 is 2.03 bits per heavy atom. The van der Waals surface area contributed by atoms with Gasteiger partial charge < -0.3 is 39.0 Å². The molecule has 1 aliphatic heterocycles. The van der Waals surface area contributed by atoms with Crippen molar-refractivity contribution in [2.24, 2.45) is 0 Å². The first-order valence-electron chi connectivity index (χ1n) is 8.38. The Labute approximate surface area is 168 Å². The number of phenols is 3. The van der Waals surface area contributed by atoms with Crippen molar-refractivity contribution in [3.05, 3.63) is 24.3 Å². The molecule has 0 fully saturated rings. The smallest absolute Gasteiger partial charge is 0.271 e. The van der Waals surface area contributed by atoms with Crippen LogP contribution < -0.4 is 23.7 Å². The lowest BCUT2D eigenvalue weighted by molar-refractivity contribution is -0.145. The summed E-state index contributed by atoms with van der Waals surface area (Å²) < 4.78 is 25.8. The fraction of sp³-hybridized carbons (Fsp3) is 0.211. The van der Waals surface area contributed by atoms with Crippen LogP contribution in [0.1, 0.15) is 0 Å². The molecule has 158 valence electrons. The maximum Gasteiger partial charge on any atom is 0.271 e. The Kier molecular flexibility index (Phi) is 5.81. The average Bonchev–Trinajstić information content (AvgIpc) is 3.21. The highest BCUT2D eigenvalue weighted by Crippen LogP contribution is 2.44. The molecule has 0 unspecified atom stereocenters. The molecule has 0 saturated heterocycles. The minimum atomic E-state index is -1.35. The maximum absolute atomic E-state index is 12.0. The van der Waals surface area contributed by atoms with Gasteiger partial charge in [-0.25, -0.2) is 0 Å². The van der Waals surface area contributed by atoms with Crippen LogP contribution >= 0.6 is 0 Å². The van der Waals surface area contributed by atoms with Crippen molar-refractivity contribution in [3.63, 3.8) is 0 Å². The molecule has 0 aliphatic carbocycles. The van der Waals surface area contributed by atoms with Crippen LogP contribution in [0.25, 0.3) is 0 Å². The van der Waals surface area contributed by atoms with Gasteiger partial charge in [0.05, 0.1) is 7.11 Å². The van der Waals surface area contributed by atoms with E-state index < -0.39 is 47.8 Å². The number of methoxy groups -OCH3 is 1. The fourth-order valence-electron chi connectivity index (χ4n) is 2.44. The first-order chi connectivity index (χ1) is 14.3. The Bertz CT molecular complexity index is 989. The molecule has 0 radical (unpaired) electrons. The molecular formula is C19H16O11. The van der Waals surface area contributed by atoms with E-state index in [-0.39, 0.29) is 18.3 Å². The molecule has 2 aromatic carbocycles. The number of benzene rings is 2. The molecule has 0 amide bonds. The Hall–Kier alpha value is -4.15. The van der Waals surface area contributed by atoms with Gasteiger partial charge in [-0.15, -0.1) is 0 Å². The van der Waals surface area contributed by atoms with Crippen LogP contribution in [0.15, 0.2) is 24.3 Å². The van der Waals surface area contributed by atoms with Crippen LogP contribution in [0.4, 0.5) is 0 Å². The molecule has 1 aliphatic rings. The summed E-state index contributed by atoms with van der Waals surface area (Å²) in [5.41, 5.74) is 0. The van der Waals surface area contributed by atoms with Gasteiger partial charge >= 0.3 is 0 Å². The van der Waals surface area contributed by atoms with E-state index in [0.717, 1.165) is 12.1 Å². The molecule has 2 aromatic rings. The van der Waals surface area contributed by atoms with Gasteiger partial charge in [-0.2, -0.15) is 0 Å². The van der Waals surface area contributed by atoms with Crippen LogP contribution in [0, 0.1) is 0 Å². The number of hydrogen-bond donors (Lipinski definition) is 3. The summed E-state index contributed by atoms with van der Waals surface area (Å²) in [6.45, 7) is -1.54. The van der Waals surface area contributed by atoms with Crippen LogP contribution in [-0.2, 0) is 14.4 Å². The second-order valence-corrected chi connectivity index (χ2v) is 5.92. The third kappa shape index (κ3) is 4.29. The zero-order chi connectivity index (χ0) is 21.8. The number of fused-ring (bicyclic) bond motifs is 1. The van der Waals surface area contributed by atoms with E-state index in [1.54, 1.807) is 0 Å². The number of hydrogen-bond acceptors (Lipinski definition) is 11. The molecule has 0 bridgehead atoms. The number of carbonyl (C=O) groups is 3. The minimum absolute atomic E-state index is 0.00234. The van der Waals surface area contributed by atoms with E-state index in [0.29, 0.717) is 17.2 Å². The highest BCUT2D eigenvalue weighted by molar-refractivity contribution is 6.64. The van der Waals surface area contributed by atoms with Crippen LogP contribution in [-0.4, -0.2) is 59.8 Å². The van der Waals surface area contributed by atoms with Crippen molar-refractivity contribution in [2.75, 3.05) is 27.1 Å². The van der Waals surface area contributed by atoms with Gasteiger partial charge in [-0.05, 0) is 0 Å². The van der Waals surface area contributed by atoms with Gasteiger partial charge in [0, 0.05) is 24.3 Å². The number of Topliss-reactive ketones (excluding diaryl/α,β-unsaturated/α-hetero) is 3. The molecule has 11 nitrogen and oxygen atoms in total. The highest BCUT2D eigenvalue weighted by Gasteiger charge is 2.25. The van der Waals surface area contributed by atoms with Crippen molar-refractivity contribution in [2.45, 2.75) is 0 Å². The van der Waals surface area contributed by atoms with E-state index in [2.05, 4.69) is 0 Å². The molecule has 11 heteroatoms. The van der Waals surface area contributed by atoms with Gasteiger partial charge in [0.25, 0.3) is 5.78 Å². The Balaban J connectivity index is 1.56. The van der Waals surface area contributed by atoms with E-state index in [4.69, 9.17) is 23.7 Å². The number of ketones is 3. The predicted molar refractivity (Wildman–Crippen MR) is 96.6 cm³/mol. The zero-order valence-corrected chi connectivity index (χ0v) is 15.5. The molecule has 0 saturated carbocycles. The fourth-order valence-corrected chi connectivity index (χ4v) is 2.44. The number of aromatic hydroxyl groups is 3. The quantitative estimate of drug-likeness (QED) is 0.298. The van der Waals surface area contributed by atoms with Crippen molar-refractivity contribution in [3.8, 4) is 46.0 Å². The third-order valence-corrected chi connectivity index (χ3v) is 3.92. The van der Waals surface area contributed by atoms with E-state index in [1.807, 2.05) is 0 Å². The average molecular weight is 420 g/mol. The second-order valence-electron chi connectivity index (χ2n) is 5.92. The largest absolute Gasteiger partial charge is 0.504 e. The lowest BCUT2D eigenvalue weighted by atomic mass is 10.2. The monoisotopic (exact) mass is 420 g/mol. The van der Waals surface area contributed by atoms with Crippen molar-refractivity contribution >= 4 is 17.3 Å². The SMILES string of the molecule is COc1cc(OCC(=O)C(=O)C(=O)COc2cc(O)c(O)c(O)c2)cc2c1OCO2. The van der Waals surface area contributed by atoms with Crippen LogP contribution in [0.5, 0.6) is 46.0 Å². The van der Waals surface area contributed by atoms with Gasteiger partial charge in [0.1, 0.15) is 11.5 Å². The lowest BCUT2D eigenvalue weighted by Gasteiger charge is -2.09. The van der Waals surface area contributed by atoms with E-state index in [1.165, 1.54) is 19.2 Å². The molecule has 0 atom stereocenters. The number of rotatable bonds is 9. The molecular weight excluding hydrogens is 404 g/mol. The lowest BCUT2D eigenvalue weighted by Crippen LogP contribution is -2.32. The van der Waals surface area contributed by atoms with Gasteiger partial charge in [-0.1, -0.05) is 0 Å². The summed E-state index contributed by atoms with van der Waals surface area (Å²) in [5.74, 6) is -4.78. The normalized spacial score (nSPS) is 11.6. The first-order valence-corrected chi connectivity index (χ1v) is 8.38. The van der Waals surface area contributed by atoms with Crippen LogP contribution in [0.3, 0.4) is 0 Å². The van der Waals surface area contributed by atoms with Gasteiger partial charge in [-0.3, -0.25) is 14.4 Å². The first kappa shape index (κ1) is 20.6.